The van der Waals surface area contributed by atoms with Gasteiger partial charge in [0.15, 0.2) is 0 Å². The Morgan fingerprint density at radius 3 is 2.79 bits per heavy atom. The molecule has 7 nitrogen and oxygen atoms in total. The van der Waals surface area contributed by atoms with Crippen molar-refractivity contribution in [2.24, 2.45) is 5.92 Å². The highest BCUT2D eigenvalue weighted by Gasteiger charge is 2.17. The van der Waals surface area contributed by atoms with Gasteiger partial charge in [0.05, 0.1) is 6.10 Å². The fraction of sp³-hybridized carbons (Fsp3) is 0.909. The maximum Gasteiger partial charge on any atom is 0.422 e. The summed E-state index contributed by atoms with van der Waals surface area (Å²) in [5.41, 5.74) is 0. The molecule has 0 aromatic rings. The first-order valence-corrected chi connectivity index (χ1v) is 8.06. The maximum atomic E-state index is 11.5. The summed E-state index contributed by atoms with van der Waals surface area (Å²) >= 11 is 0. The van der Waals surface area contributed by atoms with Gasteiger partial charge < -0.3 is 10.1 Å². The molecule has 0 saturated carbocycles. The highest BCUT2D eigenvalue weighted by Crippen LogP contribution is 2.12. The first-order chi connectivity index (χ1) is 8.89. The molecule has 1 rings (SSSR count). The van der Waals surface area contributed by atoms with Crippen LogP contribution >= 0.6 is 0 Å². The molecule has 0 spiro atoms. The Morgan fingerprint density at radius 1 is 1.47 bits per heavy atom. The van der Waals surface area contributed by atoms with Gasteiger partial charge in [-0.05, 0) is 52.1 Å². The maximum absolute atomic E-state index is 11.5. The zero-order valence-electron chi connectivity index (χ0n) is 11.4. The van der Waals surface area contributed by atoms with Crippen molar-refractivity contribution in [1.29, 1.82) is 0 Å². The van der Waals surface area contributed by atoms with Crippen LogP contribution in [0.4, 0.5) is 4.79 Å². The van der Waals surface area contributed by atoms with Gasteiger partial charge in [0.2, 0.25) is 0 Å². The van der Waals surface area contributed by atoms with E-state index in [0.29, 0.717) is 12.5 Å². The minimum atomic E-state index is -3.82. The number of piperidine rings is 1. The Labute approximate surface area is 114 Å². The van der Waals surface area contributed by atoms with Crippen LogP contribution in [0.25, 0.3) is 0 Å². The Kier molecular flexibility index (Phi) is 6.53. The van der Waals surface area contributed by atoms with E-state index in [9.17, 15) is 13.2 Å². The summed E-state index contributed by atoms with van der Waals surface area (Å²) in [7, 11) is -3.82. The third-order valence-corrected chi connectivity index (χ3v) is 3.82. The highest BCUT2D eigenvalue weighted by molar-refractivity contribution is 7.88. The molecule has 0 aromatic carbocycles. The fourth-order valence-corrected chi connectivity index (χ4v) is 2.68. The SMILES string of the molecule is CC(C)OC(=O)NS(=O)(=O)NCCC1CCCNC1. The molecule has 19 heavy (non-hydrogen) atoms. The van der Waals surface area contributed by atoms with Crippen LogP contribution in [-0.4, -0.2) is 40.2 Å². The van der Waals surface area contributed by atoms with Crippen molar-refractivity contribution in [2.75, 3.05) is 19.6 Å². The highest BCUT2D eigenvalue weighted by atomic mass is 32.2. The van der Waals surface area contributed by atoms with Gasteiger partial charge >= 0.3 is 16.3 Å². The Bertz CT molecular complexity index is 377. The van der Waals surface area contributed by atoms with E-state index in [2.05, 4.69) is 10.0 Å². The lowest BCUT2D eigenvalue weighted by Crippen LogP contribution is -2.42. The number of nitrogens with one attached hydrogen (secondary N) is 3. The Morgan fingerprint density at radius 2 is 2.21 bits per heavy atom. The van der Waals surface area contributed by atoms with Crippen molar-refractivity contribution in [3.8, 4) is 0 Å². The second kappa shape index (κ2) is 7.66. The van der Waals surface area contributed by atoms with Crippen LogP contribution in [0.5, 0.6) is 0 Å². The van der Waals surface area contributed by atoms with Gasteiger partial charge in [-0.25, -0.2) is 9.52 Å². The van der Waals surface area contributed by atoms with Crippen molar-refractivity contribution < 1.29 is 17.9 Å². The minimum Gasteiger partial charge on any atom is -0.446 e. The average Bonchev–Trinajstić information content (AvgIpc) is 2.27. The summed E-state index contributed by atoms with van der Waals surface area (Å²) in [5, 5.41) is 3.27. The van der Waals surface area contributed by atoms with Crippen LogP contribution < -0.4 is 14.8 Å². The molecule has 1 heterocycles. The van der Waals surface area contributed by atoms with Crippen molar-refractivity contribution in [1.82, 2.24) is 14.8 Å². The summed E-state index contributed by atoms with van der Waals surface area (Å²) in [4.78, 5) is 11.2. The Balaban J connectivity index is 2.24. The summed E-state index contributed by atoms with van der Waals surface area (Å²) < 4.78 is 31.9. The molecule has 0 bridgehead atoms. The standard InChI is InChI=1S/C11H23N3O4S/c1-9(2)18-11(15)14-19(16,17)13-7-5-10-4-3-6-12-8-10/h9-10,12-13H,3-8H2,1-2H3,(H,14,15). The van der Waals surface area contributed by atoms with E-state index in [0.717, 1.165) is 32.4 Å². The molecule has 1 saturated heterocycles. The second-order valence-electron chi connectivity index (χ2n) is 4.95. The van der Waals surface area contributed by atoms with Crippen molar-refractivity contribution in [3.63, 3.8) is 0 Å². The molecule has 0 aromatic heterocycles. The number of ether oxygens (including phenoxy) is 1. The average molecular weight is 293 g/mol. The summed E-state index contributed by atoms with van der Waals surface area (Å²) in [6.07, 6.45) is 1.67. The quantitative estimate of drug-likeness (QED) is 0.656. The second-order valence-corrected chi connectivity index (χ2v) is 6.45. The number of amides is 1. The van der Waals surface area contributed by atoms with Crippen LogP contribution in [-0.2, 0) is 14.9 Å². The van der Waals surface area contributed by atoms with Crippen molar-refractivity contribution >= 4 is 16.3 Å². The molecule has 1 aliphatic heterocycles. The summed E-state index contributed by atoms with van der Waals surface area (Å²) in [6.45, 7) is 5.57. The lowest BCUT2D eigenvalue weighted by molar-refractivity contribution is 0.121. The molecule has 0 radical (unpaired) electrons. The summed E-state index contributed by atoms with van der Waals surface area (Å²) in [6, 6.07) is 0. The number of hydrogen-bond acceptors (Lipinski definition) is 5. The van der Waals surface area contributed by atoms with Crippen LogP contribution in [0.2, 0.25) is 0 Å². The van der Waals surface area contributed by atoms with Gasteiger partial charge in [-0.3, -0.25) is 0 Å². The number of carbonyl (C=O) groups is 1. The van der Waals surface area contributed by atoms with Crippen molar-refractivity contribution in [3.05, 3.63) is 0 Å². The topological polar surface area (TPSA) is 96.5 Å². The van der Waals surface area contributed by atoms with Crippen molar-refractivity contribution in [2.45, 2.75) is 39.2 Å². The normalized spacial score (nSPS) is 20.3. The fourth-order valence-electron chi connectivity index (χ4n) is 1.95. The van der Waals surface area contributed by atoms with Gasteiger partial charge in [0.25, 0.3) is 0 Å². The molecular weight excluding hydrogens is 270 g/mol. The minimum absolute atomic E-state index is 0.316. The largest absolute Gasteiger partial charge is 0.446 e. The molecule has 1 aliphatic rings. The molecule has 1 unspecified atom stereocenters. The zero-order valence-corrected chi connectivity index (χ0v) is 12.3. The van der Waals surface area contributed by atoms with E-state index in [4.69, 9.17) is 4.74 Å². The van der Waals surface area contributed by atoms with E-state index < -0.39 is 16.3 Å². The molecule has 8 heteroatoms. The van der Waals surface area contributed by atoms with E-state index in [1.165, 1.54) is 0 Å². The van der Waals surface area contributed by atoms with Crippen LogP contribution in [0.15, 0.2) is 0 Å². The van der Waals surface area contributed by atoms with E-state index in [1.807, 2.05) is 4.72 Å². The molecule has 0 aliphatic carbocycles. The van der Waals surface area contributed by atoms with E-state index in [1.54, 1.807) is 13.8 Å². The predicted molar refractivity (Wildman–Crippen MR) is 71.9 cm³/mol. The molecule has 1 fully saturated rings. The van der Waals surface area contributed by atoms with Gasteiger partial charge in [-0.2, -0.15) is 13.1 Å². The van der Waals surface area contributed by atoms with E-state index >= 15 is 0 Å². The molecule has 1 amide bonds. The smallest absolute Gasteiger partial charge is 0.422 e. The molecule has 3 N–H and O–H groups in total. The molecular formula is C11H23N3O4S. The van der Waals surface area contributed by atoms with Crippen LogP contribution in [0.1, 0.15) is 33.1 Å². The monoisotopic (exact) mass is 293 g/mol. The Hall–Kier alpha value is -0.860. The zero-order chi connectivity index (χ0) is 14.3. The van der Waals surface area contributed by atoms with Gasteiger partial charge in [-0.15, -0.1) is 0 Å². The lowest BCUT2D eigenvalue weighted by atomic mass is 9.96. The van der Waals surface area contributed by atoms with Crippen LogP contribution in [0.3, 0.4) is 0 Å². The number of hydrogen-bond donors (Lipinski definition) is 3. The predicted octanol–water partition coefficient (Wildman–Crippen LogP) is 0.345. The van der Waals surface area contributed by atoms with Gasteiger partial charge in [-0.1, -0.05) is 0 Å². The van der Waals surface area contributed by atoms with Crippen LogP contribution in [0, 0.1) is 5.92 Å². The lowest BCUT2D eigenvalue weighted by Gasteiger charge is -2.22. The first-order valence-electron chi connectivity index (χ1n) is 6.58. The number of carbonyl (C=O) groups excluding carboxylic acids is 1. The number of rotatable bonds is 6. The molecule has 1 atom stereocenters. The molecule has 112 valence electrons. The third-order valence-electron chi connectivity index (χ3n) is 2.80. The van der Waals surface area contributed by atoms with Gasteiger partial charge in [0, 0.05) is 6.54 Å². The van der Waals surface area contributed by atoms with Gasteiger partial charge in [0.1, 0.15) is 0 Å². The first kappa shape index (κ1) is 16.2. The van der Waals surface area contributed by atoms with E-state index in [-0.39, 0.29) is 6.10 Å². The third kappa shape index (κ3) is 7.34. The summed E-state index contributed by atoms with van der Waals surface area (Å²) in [5.74, 6) is 0.485.